The molecular formula is C22H28N4O3. The summed E-state index contributed by atoms with van der Waals surface area (Å²) in [5.74, 6) is 0.0159. The maximum Gasteiger partial charge on any atom is 0.246 e. The van der Waals surface area contributed by atoms with E-state index in [4.69, 9.17) is 4.74 Å². The summed E-state index contributed by atoms with van der Waals surface area (Å²) in [4.78, 5) is 26.9. The summed E-state index contributed by atoms with van der Waals surface area (Å²) in [5.41, 5.74) is 3.71. The maximum absolute atomic E-state index is 12.9. The van der Waals surface area contributed by atoms with E-state index in [2.05, 4.69) is 10.4 Å². The van der Waals surface area contributed by atoms with Gasteiger partial charge >= 0.3 is 0 Å². The van der Waals surface area contributed by atoms with Crippen LogP contribution in [-0.2, 0) is 33.3 Å². The number of likely N-dealkylation sites (tertiary alicyclic amines) is 1. The zero-order valence-electron chi connectivity index (χ0n) is 17.3. The third-order valence-corrected chi connectivity index (χ3v) is 6.38. The van der Waals surface area contributed by atoms with Crippen molar-refractivity contribution >= 4 is 11.8 Å². The number of benzene rings is 1. The number of nitrogens with one attached hydrogen (secondary N) is 1. The number of rotatable bonds is 4. The van der Waals surface area contributed by atoms with Gasteiger partial charge in [0.1, 0.15) is 12.7 Å². The van der Waals surface area contributed by atoms with E-state index >= 15 is 0 Å². The Balaban J connectivity index is 1.47. The Hall–Kier alpha value is -2.67. The molecule has 2 aromatic rings. The monoisotopic (exact) mass is 396 g/mol. The topological polar surface area (TPSA) is 76.5 Å². The molecule has 0 spiro atoms. The van der Waals surface area contributed by atoms with Gasteiger partial charge in [-0.2, -0.15) is 5.10 Å². The molecule has 7 heteroatoms. The predicted octanol–water partition coefficient (Wildman–Crippen LogP) is 1.61. The lowest BCUT2D eigenvalue weighted by molar-refractivity contribution is -0.157. The van der Waals surface area contributed by atoms with Gasteiger partial charge in [0.15, 0.2) is 0 Å². The lowest BCUT2D eigenvalue weighted by atomic mass is 9.77. The average molecular weight is 396 g/mol. The van der Waals surface area contributed by atoms with Crippen LogP contribution in [0.15, 0.2) is 30.3 Å². The second-order valence-corrected chi connectivity index (χ2v) is 8.05. The number of nitrogens with zero attached hydrogens (tertiary/aromatic N) is 3. The van der Waals surface area contributed by atoms with Crippen LogP contribution in [0.4, 0.5) is 0 Å². The minimum atomic E-state index is -0.566. The van der Waals surface area contributed by atoms with Crippen molar-refractivity contribution in [2.24, 2.45) is 7.05 Å². The lowest BCUT2D eigenvalue weighted by Crippen LogP contribution is -2.67. The van der Waals surface area contributed by atoms with E-state index in [1.807, 2.05) is 60.8 Å². The summed E-state index contributed by atoms with van der Waals surface area (Å²) < 4.78 is 7.78. The third-order valence-electron chi connectivity index (χ3n) is 6.38. The SMILES string of the molecule is Cc1nn(C)c(C)c1CCC(=O)N1CC[C@@]2(c3ccccc3)NC(=O)CO[C@@H]2C1. The van der Waals surface area contributed by atoms with Gasteiger partial charge in [-0.15, -0.1) is 0 Å². The van der Waals surface area contributed by atoms with E-state index < -0.39 is 5.54 Å². The maximum atomic E-state index is 12.9. The molecular weight excluding hydrogens is 368 g/mol. The molecule has 2 saturated heterocycles. The van der Waals surface area contributed by atoms with E-state index in [0.29, 0.717) is 32.4 Å². The van der Waals surface area contributed by atoms with E-state index in [9.17, 15) is 9.59 Å². The molecule has 0 saturated carbocycles. The highest BCUT2D eigenvalue weighted by molar-refractivity contribution is 5.80. The molecule has 2 atom stereocenters. The van der Waals surface area contributed by atoms with E-state index in [0.717, 1.165) is 22.5 Å². The number of fused-ring (bicyclic) bond motifs is 1. The largest absolute Gasteiger partial charge is 0.364 e. The molecule has 29 heavy (non-hydrogen) atoms. The first-order valence-electron chi connectivity index (χ1n) is 10.2. The summed E-state index contributed by atoms with van der Waals surface area (Å²) in [6, 6.07) is 9.94. The van der Waals surface area contributed by atoms with Crippen LogP contribution < -0.4 is 5.32 Å². The number of piperidine rings is 1. The normalized spacial score (nSPS) is 24.2. The van der Waals surface area contributed by atoms with Gasteiger partial charge in [-0.1, -0.05) is 30.3 Å². The Morgan fingerprint density at radius 3 is 2.76 bits per heavy atom. The molecule has 154 valence electrons. The summed E-state index contributed by atoms with van der Waals surface area (Å²) in [7, 11) is 1.93. The minimum absolute atomic E-state index is 0.0371. The number of hydrogen-bond acceptors (Lipinski definition) is 4. The van der Waals surface area contributed by atoms with E-state index in [1.165, 1.54) is 0 Å². The van der Waals surface area contributed by atoms with Gasteiger partial charge in [0, 0.05) is 32.3 Å². The van der Waals surface area contributed by atoms with Crippen LogP contribution >= 0.6 is 0 Å². The smallest absolute Gasteiger partial charge is 0.246 e. The fourth-order valence-corrected chi connectivity index (χ4v) is 4.65. The first-order chi connectivity index (χ1) is 13.9. The molecule has 1 aromatic carbocycles. The fourth-order valence-electron chi connectivity index (χ4n) is 4.65. The van der Waals surface area contributed by atoms with Crippen molar-refractivity contribution in [2.75, 3.05) is 19.7 Å². The molecule has 0 unspecified atom stereocenters. The lowest BCUT2D eigenvalue weighted by Gasteiger charge is -2.50. The highest BCUT2D eigenvalue weighted by Crippen LogP contribution is 2.37. The Bertz CT molecular complexity index is 924. The van der Waals surface area contributed by atoms with Gasteiger partial charge in [-0.25, -0.2) is 0 Å². The quantitative estimate of drug-likeness (QED) is 0.852. The van der Waals surface area contributed by atoms with Crippen LogP contribution in [0, 0.1) is 13.8 Å². The summed E-state index contributed by atoms with van der Waals surface area (Å²) in [6.07, 6.45) is 1.53. The van der Waals surface area contributed by atoms with Crippen molar-refractivity contribution in [3.05, 3.63) is 52.8 Å². The third kappa shape index (κ3) is 3.55. The van der Waals surface area contributed by atoms with Crippen LogP contribution in [-0.4, -0.2) is 52.3 Å². The van der Waals surface area contributed by atoms with Crippen LogP contribution in [0.5, 0.6) is 0 Å². The highest BCUT2D eigenvalue weighted by atomic mass is 16.5. The second kappa shape index (κ2) is 7.63. The van der Waals surface area contributed by atoms with Gasteiger partial charge < -0.3 is 15.0 Å². The molecule has 2 aliphatic rings. The summed E-state index contributed by atoms with van der Waals surface area (Å²) >= 11 is 0. The zero-order valence-corrected chi connectivity index (χ0v) is 17.3. The van der Waals surface area contributed by atoms with Gasteiger partial charge in [0.2, 0.25) is 11.8 Å². The minimum Gasteiger partial charge on any atom is -0.364 e. The Kier molecular flexibility index (Phi) is 5.17. The van der Waals surface area contributed by atoms with Gasteiger partial charge in [0.25, 0.3) is 0 Å². The second-order valence-electron chi connectivity index (χ2n) is 8.05. The van der Waals surface area contributed by atoms with Crippen molar-refractivity contribution in [2.45, 2.75) is 44.8 Å². The van der Waals surface area contributed by atoms with E-state index in [1.54, 1.807) is 0 Å². The number of ether oxygens (including phenoxy) is 1. The molecule has 2 fully saturated rings. The van der Waals surface area contributed by atoms with Crippen LogP contribution in [0.1, 0.15) is 35.4 Å². The van der Waals surface area contributed by atoms with Crippen molar-refractivity contribution in [1.82, 2.24) is 20.0 Å². The molecule has 0 bridgehead atoms. The Morgan fingerprint density at radius 2 is 2.07 bits per heavy atom. The molecule has 1 aromatic heterocycles. The number of carbonyl (C=O) groups excluding carboxylic acids is 2. The van der Waals surface area contributed by atoms with Crippen molar-refractivity contribution in [3.63, 3.8) is 0 Å². The summed E-state index contributed by atoms with van der Waals surface area (Å²) in [6.45, 7) is 5.14. The molecule has 2 aliphatic heterocycles. The van der Waals surface area contributed by atoms with Crippen LogP contribution in [0.3, 0.4) is 0 Å². The molecule has 0 aliphatic carbocycles. The number of carbonyl (C=O) groups is 2. The standard InChI is InChI=1S/C22H28N4O3/c1-15-18(16(2)25(3)24-15)9-10-21(28)26-12-11-22(17-7-5-4-6-8-17)19(13-26)29-14-20(27)23-22/h4-8,19H,9-14H2,1-3H3,(H,23,27)/t19-,22+/m1/s1. The first kappa shape index (κ1) is 19.6. The van der Waals surface area contributed by atoms with Crippen LogP contribution in [0.2, 0.25) is 0 Å². The number of amides is 2. The summed E-state index contributed by atoms with van der Waals surface area (Å²) in [5, 5.41) is 7.61. The molecule has 3 heterocycles. The number of morpholine rings is 1. The average Bonchev–Trinajstić information content (AvgIpc) is 2.97. The number of aryl methyl sites for hydroxylation is 2. The Labute approximate surface area is 171 Å². The molecule has 4 rings (SSSR count). The van der Waals surface area contributed by atoms with Gasteiger partial charge in [0.05, 0.1) is 11.2 Å². The fraction of sp³-hybridized carbons (Fsp3) is 0.500. The molecule has 2 amide bonds. The number of hydrogen-bond donors (Lipinski definition) is 1. The number of aromatic nitrogens is 2. The first-order valence-corrected chi connectivity index (χ1v) is 10.2. The molecule has 1 N–H and O–H groups in total. The predicted molar refractivity (Wildman–Crippen MR) is 108 cm³/mol. The van der Waals surface area contributed by atoms with Crippen LogP contribution in [0.25, 0.3) is 0 Å². The molecule has 0 radical (unpaired) electrons. The highest BCUT2D eigenvalue weighted by Gasteiger charge is 2.49. The van der Waals surface area contributed by atoms with Crippen molar-refractivity contribution in [3.8, 4) is 0 Å². The van der Waals surface area contributed by atoms with Gasteiger partial charge in [-0.3, -0.25) is 14.3 Å². The van der Waals surface area contributed by atoms with Crippen molar-refractivity contribution < 1.29 is 14.3 Å². The van der Waals surface area contributed by atoms with Crippen molar-refractivity contribution in [1.29, 1.82) is 0 Å². The van der Waals surface area contributed by atoms with Gasteiger partial charge in [-0.05, 0) is 37.8 Å². The Morgan fingerprint density at radius 1 is 1.31 bits per heavy atom. The zero-order chi connectivity index (χ0) is 20.6. The van der Waals surface area contributed by atoms with E-state index in [-0.39, 0.29) is 24.5 Å². The molecule has 7 nitrogen and oxygen atoms in total.